The molecule has 122 valence electrons. The van der Waals surface area contributed by atoms with Gasteiger partial charge in [0, 0.05) is 12.6 Å². The van der Waals surface area contributed by atoms with Crippen molar-refractivity contribution in [3.8, 4) is 5.75 Å². The van der Waals surface area contributed by atoms with Crippen molar-refractivity contribution in [2.24, 2.45) is 0 Å². The summed E-state index contributed by atoms with van der Waals surface area (Å²) in [4.78, 5) is 26.1. The molecule has 1 amide bonds. The number of rotatable bonds is 3. The Kier molecular flexibility index (Phi) is 4.49. The largest absolute Gasteiger partial charge is 0.490 e. The second kappa shape index (κ2) is 6.55. The minimum atomic E-state index is -0.377. The molecule has 1 aliphatic heterocycles. The van der Waals surface area contributed by atoms with E-state index < -0.39 is 0 Å². The Morgan fingerprint density at radius 3 is 2.91 bits per heavy atom. The van der Waals surface area contributed by atoms with Gasteiger partial charge < -0.3 is 18.8 Å². The quantitative estimate of drug-likeness (QED) is 0.861. The lowest BCUT2D eigenvalue weighted by molar-refractivity contribution is -0.0696. The number of thiophene rings is 1. The third-order valence-electron chi connectivity index (χ3n) is 3.69. The van der Waals surface area contributed by atoms with E-state index in [0.717, 1.165) is 11.8 Å². The van der Waals surface area contributed by atoms with Crippen molar-refractivity contribution < 1.29 is 18.7 Å². The molecule has 0 aliphatic carbocycles. The van der Waals surface area contributed by atoms with Crippen molar-refractivity contribution in [2.45, 2.75) is 19.1 Å². The van der Waals surface area contributed by atoms with E-state index >= 15 is 0 Å². The van der Waals surface area contributed by atoms with Crippen LogP contribution in [0.2, 0.25) is 0 Å². The number of morpholine rings is 1. The van der Waals surface area contributed by atoms with E-state index in [-0.39, 0.29) is 35.1 Å². The van der Waals surface area contributed by atoms with Gasteiger partial charge in [-0.15, -0.1) is 0 Å². The summed E-state index contributed by atoms with van der Waals surface area (Å²) in [7, 11) is 1.38. The van der Waals surface area contributed by atoms with Crippen LogP contribution in [0.5, 0.6) is 5.75 Å². The zero-order valence-corrected chi connectivity index (χ0v) is 13.7. The Morgan fingerprint density at radius 2 is 2.26 bits per heavy atom. The lowest BCUT2D eigenvalue weighted by atomic mass is 10.1. The van der Waals surface area contributed by atoms with Crippen LogP contribution in [-0.2, 0) is 4.74 Å². The fraction of sp³-hybridized carbons (Fsp3) is 0.375. The number of amides is 1. The van der Waals surface area contributed by atoms with E-state index in [4.69, 9.17) is 13.9 Å². The Morgan fingerprint density at radius 1 is 1.43 bits per heavy atom. The predicted molar refractivity (Wildman–Crippen MR) is 85.0 cm³/mol. The highest BCUT2D eigenvalue weighted by Crippen LogP contribution is 2.27. The Labute approximate surface area is 137 Å². The first kappa shape index (κ1) is 15.8. The van der Waals surface area contributed by atoms with E-state index in [9.17, 15) is 9.59 Å². The smallest absolute Gasteiger partial charge is 0.289 e. The van der Waals surface area contributed by atoms with Gasteiger partial charge in [-0.3, -0.25) is 9.59 Å². The summed E-state index contributed by atoms with van der Waals surface area (Å²) >= 11 is 1.59. The first-order valence-corrected chi connectivity index (χ1v) is 8.16. The van der Waals surface area contributed by atoms with Gasteiger partial charge in [0.1, 0.15) is 12.4 Å². The number of ether oxygens (including phenoxy) is 2. The molecule has 1 saturated heterocycles. The topological polar surface area (TPSA) is 69.0 Å². The van der Waals surface area contributed by atoms with Gasteiger partial charge in [-0.25, -0.2) is 0 Å². The summed E-state index contributed by atoms with van der Waals surface area (Å²) in [6.45, 7) is 2.80. The van der Waals surface area contributed by atoms with E-state index in [1.807, 2.05) is 23.8 Å². The summed E-state index contributed by atoms with van der Waals surface area (Å²) in [5.74, 6) is -0.234. The summed E-state index contributed by atoms with van der Waals surface area (Å²) in [6.07, 6.45) is 0.900. The van der Waals surface area contributed by atoms with Gasteiger partial charge in [0.05, 0.1) is 19.8 Å². The Hall–Kier alpha value is -2.12. The van der Waals surface area contributed by atoms with Crippen LogP contribution in [0.3, 0.4) is 0 Å². The molecule has 0 saturated carbocycles. The summed E-state index contributed by atoms with van der Waals surface area (Å²) < 4.78 is 16.0. The van der Waals surface area contributed by atoms with Crippen molar-refractivity contribution in [1.82, 2.24) is 4.90 Å². The van der Waals surface area contributed by atoms with E-state index in [2.05, 4.69) is 0 Å². The lowest BCUT2D eigenvalue weighted by Gasteiger charge is -2.36. The van der Waals surface area contributed by atoms with Crippen LogP contribution >= 0.6 is 11.3 Å². The van der Waals surface area contributed by atoms with Crippen molar-refractivity contribution in [3.63, 3.8) is 0 Å². The average molecular weight is 335 g/mol. The van der Waals surface area contributed by atoms with Crippen molar-refractivity contribution in [3.05, 3.63) is 50.7 Å². The highest BCUT2D eigenvalue weighted by atomic mass is 32.1. The molecule has 1 fully saturated rings. The molecule has 0 aromatic carbocycles. The molecule has 2 atom stereocenters. The second-order valence-electron chi connectivity index (χ2n) is 5.38. The molecule has 0 radical (unpaired) electrons. The molecule has 0 unspecified atom stereocenters. The molecule has 3 heterocycles. The Balaban J connectivity index is 1.81. The number of nitrogens with zero attached hydrogens (tertiary/aromatic N) is 1. The molecule has 2 aromatic rings. The van der Waals surface area contributed by atoms with E-state index in [0.29, 0.717) is 13.1 Å². The molecule has 2 aromatic heterocycles. The monoisotopic (exact) mass is 335 g/mol. The SMILES string of the molecule is COc1coc(C(=O)N2C[C@@H](C)O[C@H](c3ccsc3)C2)cc1=O. The highest BCUT2D eigenvalue weighted by Gasteiger charge is 2.31. The standard InChI is InChI=1S/C16H17NO5S/c1-10-6-17(7-14(22-10)11-3-4-23-9-11)16(19)13-5-12(18)15(20-2)8-21-13/h3-5,8-10,14H,6-7H2,1-2H3/t10-,14+/m1/s1. The minimum absolute atomic E-state index is 0.00830. The molecular formula is C16H17NO5S. The lowest BCUT2D eigenvalue weighted by Crippen LogP contribution is -2.46. The van der Waals surface area contributed by atoms with Crippen molar-refractivity contribution in [2.75, 3.05) is 20.2 Å². The number of hydrogen-bond acceptors (Lipinski definition) is 6. The maximum Gasteiger partial charge on any atom is 0.289 e. The molecule has 1 aliphatic rings. The number of methoxy groups -OCH3 is 1. The van der Waals surface area contributed by atoms with E-state index in [1.165, 1.54) is 13.2 Å². The van der Waals surface area contributed by atoms with Gasteiger partial charge >= 0.3 is 0 Å². The van der Waals surface area contributed by atoms with Gasteiger partial charge in [0.25, 0.3) is 5.91 Å². The van der Waals surface area contributed by atoms with Crippen LogP contribution in [0.1, 0.15) is 29.1 Å². The van der Waals surface area contributed by atoms with Crippen LogP contribution in [0.25, 0.3) is 0 Å². The van der Waals surface area contributed by atoms with Gasteiger partial charge in [0.15, 0.2) is 5.76 Å². The molecule has 0 spiro atoms. The Bertz CT molecular complexity index is 739. The van der Waals surface area contributed by atoms with Crippen LogP contribution in [0.15, 0.2) is 38.4 Å². The first-order chi connectivity index (χ1) is 11.1. The average Bonchev–Trinajstić information content (AvgIpc) is 3.08. The fourth-order valence-corrected chi connectivity index (χ4v) is 3.28. The maximum atomic E-state index is 12.6. The highest BCUT2D eigenvalue weighted by molar-refractivity contribution is 7.07. The molecule has 3 rings (SSSR count). The summed E-state index contributed by atoms with van der Waals surface area (Å²) in [5.41, 5.74) is 0.674. The van der Waals surface area contributed by atoms with Crippen LogP contribution < -0.4 is 10.2 Å². The van der Waals surface area contributed by atoms with Gasteiger partial charge in [-0.05, 0) is 29.3 Å². The minimum Gasteiger partial charge on any atom is -0.490 e. The number of hydrogen-bond donors (Lipinski definition) is 0. The number of carbonyl (C=O) groups is 1. The zero-order valence-electron chi connectivity index (χ0n) is 12.9. The number of carbonyl (C=O) groups excluding carboxylic acids is 1. The predicted octanol–water partition coefficient (Wildman–Crippen LogP) is 2.31. The van der Waals surface area contributed by atoms with E-state index in [1.54, 1.807) is 16.2 Å². The van der Waals surface area contributed by atoms with Crippen LogP contribution in [-0.4, -0.2) is 37.1 Å². The van der Waals surface area contributed by atoms with Crippen molar-refractivity contribution in [1.29, 1.82) is 0 Å². The first-order valence-electron chi connectivity index (χ1n) is 7.22. The molecule has 23 heavy (non-hydrogen) atoms. The van der Waals surface area contributed by atoms with Gasteiger partial charge in [0.2, 0.25) is 11.2 Å². The third-order valence-corrected chi connectivity index (χ3v) is 4.39. The van der Waals surface area contributed by atoms with Gasteiger partial charge in [-0.1, -0.05) is 0 Å². The fourth-order valence-electron chi connectivity index (χ4n) is 2.58. The molecule has 0 N–H and O–H groups in total. The van der Waals surface area contributed by atoms with Gasteiger partial charge in [-0.2, -0.15) is 11.3 Å². The molecular weight excluding hydrogens is 318 g/mol. The molecule has 7 heteroatoms. The molecule has 6 nitrogen and oxygen atoms in total. The normalized spacial score (nSPS) is 21.2. The third kappa shape index (κ3) is 3.30. The zero-order chi connectivity index (χ0) is 16.4. The van der Waals surface area contributed by atoms with Crippen molar-refractivity contribution >= 4 is 17.2 Å². The summed E-state index contributed by atoms with van der Waals surface area (Å²) in [5, 5.41) is 3.99. The molecule has 0 bridgehead atoms. The summed E-state index contributed by atoms with van der Waals surface area (Å²) in [6, 6.07) is 3.16. The maximum absolute atomic E-state index is 12.6. The second-order valence-corrected chi connectivity index (χ2v) is 6.16. The van der Waals surface area contributed by atoms with Crippen LogP contribution in [0, 0.1) is 0 Å². The van der Waals surface area contributed by atoms with Crippen LogP contribution in [0.4, 0.5) is 0 Å².